The number of ketones is 1. The number of benzene rings is 2. The molecule has 3 rings (SSSR count). The molecule has 1 aliphatic rings. The van der Waals surface area contributed by atoms with Gasteiger partial charge in [0.2, 0.25) is 0 Å². The predicted octanol–water partition coefficient (Wildman–Crippen LogP) is 3.91. The second-order valence-corrected chi connectivity index (χ2v) is 5.43. The van der Waals surface area contributed by atoms with Gasteiger partial charge < -0.3 is 4.90 Å². The Labute approximate surface area is 135 Å². The van der Waals surface area contributed by atoms with Crippen LogP contribution < -0.4 is 0 Å². The SMILES string of the molecule is C[C@@H](c1ccccc1)N1C(=O)C=C/C1=C\C(=O)c1ccccc1. The number of carbonyl (C=O) groups excluding carboxylic acids is 2. The Morgan fingerprint density at radius 3 is 2.22 bits per heavy atom. The van der Waals surface area contributed by atoms with Crippen LogP contribution in [0.15, 0.2) is 84.6 Å². The van der Waals surface area contributed by atoms with Gasteiger partial charge in [0.1, 0.15) is 0 Å². The van der Waals surface area contributed by atoms with Crippen LogP contribution in [0.25, 0.3) is 0 Å². The third-order valence-electron chi connectivity index (χ3n) is 3.92. The highest BCUT2D eigenvalue weighted by molar-refractivity contribution is 6.06. The number of allylic oxidation sites excluding steroid dienone is 2. The first-order valence-corrected chi connectivity index (χ1v) is 7.54. The molecule has 23 heavy (non-hydrogen) atoms. The molecule has 1 atom stereocenters. The van der Waals surface area contributed by atoms with E-state index < -0.39 is 0 Å². The molecular formula is C20H17NO2. The number of amides is 1. The molecule has 1 amide bonds. The summed E-state index contributed by atoms with van der Waals surface area (Å²) in [5.74, 6) is -0.210. The maximum absolute atomic E-state index is 12.4. The maximum Gasteiger partial charge on any atom is 0.251 e. The monoisotopic (exact) mass is 303 g/mol. The number of nitrogens with zero attached hydrogens (tertiary/aromatic N) is 1. The van der Waals surface area contributed by atoms with Crippen molar-refractivity contribution in [3.8, 4) is 0 Å². The Morgan fingerprint density at radius 1 is 0.957 bits per heavy atom. The highest BCUT2D eigenvalue weighted by Gasteiger charge is 2.27. The fraction of sp³-hybridized carbons (Fsp3) is 0.100. The minimum Gasteiger partial charge on any atom is -0.302 e. The smallest absolute Gasteiger partial charge is 0.251 e. The molecule has 114 valence electrons. The minimum atomic E-state index is -0.131. The average molecular weight is 303 g/mol. The molecule has 0 radical (unpaired) electrons. The Morgan fingerprint density at radius 2 is 1.57 bits per heavy atom. The van der Waals surface area contributed by atoms with Gasteiger partial charge in [-0.15, -0.1) is 0 Å². The Kier molecular flexibility index (Phi) is 4.20. The molecule has 2 aromatic rings. The van der Waals surface area contributed by atoms with Crippen LogP contribution in [0.2, 0.25) is 0 Å². The maximum atomic E-state index is 12.4. The second-order valence-electron chi connectivity index (χ2n) is 5.43. The number of hydrogen-bond acceptors (Lipinski definition) is 2. The van der Waals surface area contributed by atoms with Gasteiger partial charge in [0.05, 0.1) is 6.04 Å². The van der Waals surface area contributed by atoms with Crippen molar-refractivity contribution in [1.29, 1.82) is 0 Å². The fourth-order valence-corrected chi connectivity index (χ4v) is 2.68. The zero-order chi connectivity index (χ0) is 16.2. The van der Waals surface area contributed by atoms with Crippen molar-refractivity contribution in [1.82, 2.24) is 4.90 Å². The zero-order valence-electron chi connectivity index (χ0n) is 12.8. The van der Waals surface area contributed by atoms with Gasteiger partial charge in [0.25, 0.3) is 5.91 Å². The van der Waals surface area contributed by atoms with Crippen LogP contribution in [0.1, 0.15) is 28.9 Å². The van der Waals surface area contributed by atoms with E-state index in [0.29, 0.717) is 11.3 Å². The summed E-state index contributed by atoms with van der Waals surface area (Å²) in [6.45, 7) is 1.96. The van der Waals surface area contributed by atoms with E-state index in [1.54, 1.807) is 23.1 Å². The van der Waals surface area contributed by atoms with Gasteiger partial charge >= 0.3 is 0 Å². The normalized spacial score (nSPS) is 16.8. The summed E-state index contributed by atoms with van der Waals surface area (Å²) in [4.78, 5) is 26.2. The lowest BCUT2D eigenvalue weighted by Crippen LogP contribution is -2.27. The number of rotatable bonds is 4. The fourth-order valence-electron chi connectivity index (χ4n) is 2.68. The highest BCUT2D eigenvalue weighted by Crippen LogP contribution is 2.29. The van der Waals surface area contributed by atoms with Crippen LogP contribution in [-0.4, -0.2) is 16.6 Å². The van der Waals surface area contributed by atoms with E-state index >= 15 is 0 Å². The molecule has 0 unspecified atom stereocenters. The van der Waals surface area contributed by atoms with E-state index in [9.17, 15) is 9.59 Å². The van der Waals surface area contributed by atoms with Crippen LogP contribution in [-0.2, 0) is 4.79 Å². The van der Waals surface area contributed by atoms with E-state index in [0.717, 1.165) is 5.56 Å². The van der Waals surface area contributed by atoms with Crippen molar-refractivity contribution < 1.29 is 9.59 Å². The van der Waals surface area contributed by atoms with Crippen LogP contribution >= 0.6 is 0 Å². The number of hydrogen-bond donors (Lipinski definition) is 0. The topological polar surface area (TPSA) is 37.4 Å². The first kappa shape index (κ1) is 15.0. The summed E-state index contributed by atoms with van der Waals surface area (Å²) in [6.07, 6.45) is 4.72. The Balaban J connectivity index is 1.89. The summed E-state index contributed by atoms with van der Waals surface area (Å²) < 4.78 is 0. The summed E-state index contributed by atoms with van der Waals surface area (Å²) >= 11 is 0. The third kappa shape index (κ3) is 3.14. The van der Waals surface area contributed by atoms with Crippen molar-refractivity contribution in [2.75, 3.05) is 0 Å². The van der Waals surface area contributed by atoms with Gasteiger partial charge in [-0.1, -0.05) is 60.7 Å². The first-order chi connectivity index (χ1) is 11.2. The third-order valence-corrected chi connectivity index (χ3v) is 3.92. The molecule has 0 aliphatic carbocycles. The molecule has 0 bridgehead atoms. The highest BCUT2D eigenvalue weighted by atomic mass is 16.2. The Hall–Kier alpha value is -2.94. The number of carbonyl (C=O) groups is 2. The van der Waals surface area contributed by atoms with Crippen molar-refractivity contribution in [3.63, 3.8) is 0 Å². The lowest BCUT2D eigenvalue weighted by atomic mass is 10.1. The van der Waals surface area contributed by atoms with Crippen molar-refractivity contribution in [2.24, 2.45) is 0 Å². The summed E-state index contributed by atoms with van der Waals surface area (Å²) in [6, 6.07) is 18.7. The summed E-state index contributed by atoms with van der Waals surface area (Å²) in [7, 11) is 0. The van der Waals surface area contributed by atoms with Gasteiger partial charge in [-0.3, -0.25) is 9.59 Å². The van der Waals surface area contributed by atoms with Gasteiger partial charge in [-0.25, -0.2) is 0 Å². The molecule has 0 fully saturated rings. The molecule has 0 saturated heterocycles. The molecule has 2 aromatic carbocycles. The zero-order valence-corrected chi connectivity index (χ0v) is 12.8. The van der Waals surface area contributed by atoms with Crippen molar-refractivity contribution in [3.05, 3.63) is 95.7 Å². The molecule has 3 nitrogen and oxygen atoms in total. The van der Waals surface area contributed by atoms with E-state index in [-0.39, 0.29) is 17.7 Å². The molecule has 0 saturated carbocycles. The standard InChI is InChI=1S/C20H17NO2/c1-15(16-8-4-2-5-9-16)21-18(12-13-20(21)23)14-19(22)17-10-6-3-7-11-17/h2-15H,1H3/b18-14+/t15-/m0/s1. The van der Waals surface area contributed by atoms with Crippen LogP contribution in [0.5, 0.6) is 0 Å². The van der Waals surface area contributed by atoms with Crippen molar-refractivity contribution >= 4 is 11.7 Å². The Bertz CT molecular complexity index is 776. The van der Waals surface area contributed by atoms with Gasteiger partial charge in [-0.2, -0.15) is 0 Å². The molecule has 1 aliphatic heterocycles. The van der Waals surface area contributed by atoms with Gasteiger partial charge in [-0.05, 0) is 18.6 Å². The van der Waals surface area contributed by atoms with Crippen LogP contribution in [0.3, 0.4) is 0 Å². The summed E-state index contributed by atoms with van der Waals surface area (Å²) in [5, 5.41) is 0. The largest absolute Gasteiger partial charge is 0.302 e. The lowest BCUT2D eigenvalue weighted by molar-refractivity contribution is -0.124. The van der Waals surface area contributed by atoms with Gasteiger partial charge in [0.15, 0.2) is 5.78 Å². The quantitative estimate of drug-likeness (QED) is 0.634. The summed E-state index contributed by atoms with van der Waals surface area (Å²) in [5.41, 5.74) is 2.27. The molecule has 0 N–H and O–H groups in total. The minimum absolute atomic E-state index is 0.103. The lowest BCUT2D eigenvalue weighted by Gasteiger charge is -2.26. The first-order valence-electron chi connectivity index (χ1n) is 7.54. The van der Waals surface area contributed by atoms with E-state index in [4.69, 9.17) is 0 Å². The van der Waals surface area contributed by atoms with E-state index in [1.807, 2.05) is 55.5 Å². The second kappa shape index (κ2) is 6.44. The molecule has 0 spiro atoms. The molecule has 3 heteroatoms. The average Bonchev–Trinajstić information content (AvgIpc) is 2.96. The van der Waals surface area contributed by atoms with E-state index in [1.165, 1.54) is 12.2 Å². The van der Waals surface area contributed by atoms with Crippen molar-refractivity contribution in [2.45, 2.75) is 13.0 Å². The van der Waals surface area contributed by atoms with Crippen LogP contribution in [0, 0.1) is 0 Å². The van der Waals surface area contributed by atoms with Crippen LogP contribution in [0.4, 0.5) is 0 Å². The molecular weight excluding hydrogens is 286 g/mol. The van der Waals surface area contributed by atoms with E-state index in [2.05, 4.69) is 0 Å². The molecule has 1 heterocycles. The van der Waals surface area contributed by atoms with Gasteiger partial charge in [0, 0.05) is 23.4 Å². The molecule has 0 aromatic heterocycles. The predicted molar refractivity (Wildman–Crippen MR) is 89.7 cm³/mol.